The van der Waals surface area contributed by atoms with Crippen molar-refractivity contribution in [3.05, 3.63) is 29.8 Å². The number of nitrogens with zero attached hydrogens (tertiary/aromatic N) is 1. The van der Waals surface area contributed by atoms with Crippen molar-refractivity contribution in [1.82, 2.24) is 10.2 Å². The molecule has 1 aromatic rings. The normalized spacial score (nSPS) is 15.0. The summed E-state index contributed by atoms with van der Waals surface area (Å²) in [7, 11) is 3.25. The number of piperidine rings is 1. The molecule has 0 unspecified atom stereocenters. The zero-order valence-corrected chi connectivity index (χ0v) is 15.1. The minimum absolute atomic E-state index is 0.0656. The SMILES string of the molecule is COCCCC(=O)NC1CCN(C(=O)Cc2ccccc2OC)CC1. The third-order valence-corrected chi connectivity index (χ3v) is 4.50. The standard InChI is InChI=1S/C19H28N2O4/c1-24-13-5-8-18(22)20-16-9-11-21(12-10-16)19(23)14-15-6-3-4-7-17(15)25-2/h3-4,6-7,16H,5,8-14H2,1-2H3,(H,20,22). The number of para-hydroxylation sites is 1. The van der Waals surface area contributed by atoms with E-state index in [9.17, 15) is 9.59 Å². The van der Waals surface area contributed by atoms with Crippen LogP contribution in [0.15, 0.2) is 24.3 Å². The summed E-state index contributed by atoms with van der Waals surface area (Å²) in [5, 5.41) is 3.05. The highest BCUT2D eigenvalue weighted by atomic mass is 16.5. The van der Waals surface area contributed by atoms with Crippen LogP contribution in [0, 0.1) is 0 Å². The molecule has 0 spiro atoms. The molecule has 2 amide bonds. The first kappa shape index (κ1) is 19.2. The van der Waals surface area contributed by atoms with E-state index in [1.807, 2.05) is 29.2 Å². The summed E-state index contributed by atoms with van der Waals surface area (Å²) in [5.74, 6) is 0.916. The minimum Gasteiger partial charge on any atom is -0.496 e. The fraction of sp³-hybridized carbons (Fsp3) is 0.579. The van der Waals surface area contributed by atoms with Crippen LogP contribution in [0.3, 0.4) is 0 Å². The molecule has 0 bridgehead atoms. The lowest BCUT2D eigenvalue weighted by atomic mass is 10.0. The van der Waals surface area contributed by atoms with Crippen LogP contribution in [0.25, 0.3) is 0 Å². The summed E-state index contributed by atoms with van der Waals surface area (Å²) in [6.07, 6.45) is 3.17. The number of benzene rings is 1. The molecule has 1 aliphatic heterocycles. The Bertz CT molecular complexity index is 568. The number of ether oxygens (including phenoxy) is 2. The fourth-order valence-corrected chi connectivity index (χ4v) is 3.07. The Hall–Kier alpha value is -2.08. The van der Waals surface area contributed by atoms with Gasteiger partial charge in [-0.05, 0) is 25.3 Å². The number of rotatable bonds is 8. The number of carbonyl (C=O) groups is 2. The van der Waals surface area contributed by atoms with Gasteiger partial charge in [0.25, 0.3) is 0 Å². The average molecular weight is 348 g/mol. The van der Waals surface area contributed by atoms with Gasteiger partial charge in [0.1, 0.15) is 5.75 Å². The zero-order chi connectivity index (χ0) is 18.1. The fourth-order valence-electron chi connectivity index (χ4n) is 3.07. The monoisotopic (exact) mass is 348 g/mol. The molecular formula is C19H28N2O4. The van der Waals surface area contributed by atoms with Gasteiger partial charge in [0.05, 0.1) is 13.5 Å². The molecule has 6 nitrogen and oxygen atoms in total. The summed E-state index contributed by atoms with van der Waals surface area (Å²) in [5.41, 5.74) is 0.906. The van der Waals surface area contributed by atoms with E-state index in [0.717, 1.165) is 30.6 Å². The molecule has 25 heavy (non-hydrogen) atoms. The Kier molecular flexibility index (Phi) is 7.73. The van der Waals surface area contributed by atoms with Crippen molar-refractivity contribution in [2.45, 2.75) is 38.1 Å². The highest BCUT2D eigenvalue weighted by Crippen LogP contribution is 2.20. The third kappa shape index (κ3) is 6.05. The van der Waals surface area contributed by atoms with Gasteiger partial charge in [0.15, 0.2) is 0 Å². The topological polar surface area (TPSA) is 67.9 Å². The van der Waals surface area contributed by atoms with E-state index in [2.05, 4.69) is 5.32 Å². The largest absolute Gasteiger partial charge is 0.496 e. The minimum atomic E-state index is 0.0656. The van der Waals surface area contributed by atoms with E-state index < -0.39 is 0 Å². The smallest absolute Gasteiger partial charge is 0.227 e. The number of methoxy groups -OCH3 is 2. The van der Waals surface area contributed by atoms with Crippen LogP contribution in [-0.2, 0) is 20.7 Å². The highest BCUT2D eigenvalue weighted by Gasteiger charge is 2.24. The zero-order valence-electron chi connectivity index (χ0n) is 15.1. The average Bonchev–Trinajstić information content (AvgIpc) is 2.63. The van der Waals surface area contributed by atoms with Crippen molar-refractivity contribution >= 4 is 11.8 Å². The summed E-state index contributed by atoms with van der Waals surface area (Å²) >= 11 is 0. The number of nitrogens with one attached hydrogen (secondary N) is 1. The second-order valence-electron chi connectivity index (χ2n) is 6.31. The van der Waals surface area contributed by atoms with Crippen LogP contribution in [0.4, 0.5) is 0 Å². The van der Waals surface area contributed by atoms with Crippen molar-refractivity contribution in [3.8, 4) is 5.75 Å². The summed E-state index contributed by atoms with van der Waals surface area (Å²) in [4.78, 5) is 26.2. The molecule has 1 heterocycles. The Labute approximate surface area is 149 Å². The number of likely N-dealkylation sites (tertiary alicyclic amines) is 1. The second-order valence-corrected chi connectivity index (χ2v) is 6.31. The molecule has 2 rings (SSSR count). The van der Waals surface area contributed by atoms with Gasteiger partial charge in [-0.2, -0.15) is 0 Å². The second kappa shape index (κ2) is 10.0. The summed E-state index contributed by atoms with van der Waals surface area (Å²) in [6.45, 7) is 1.96. The van der Waals surface area contributed by atoms with Crippen LogP contribution in [0.2, 0.25) is 0 Å². The Morgan fingerprint density at radius 1 is 1.20 bits per heavy atom. The van der Waals surface area contributed by atoms with Gasteiger partial charge >= 0.3 is 0 Å². The molecule has 0 atom stereocenters. The van der Waals surface area contributed by atoms with Gasteiger partial charge < -0.3 is 19.7 Å². The first-order chi connectivity index (χ1) is 12.1. The van der Waals surface area contributed by atoms with Crippen molar-refractivity contribution in [3.63, 3.8) is 0 Å². The van der Waals surface area contributed by atoms with Crippen LogP contribution in [0.5, 0.6) is 5.75 Å². The summed E-state index contributed by atoms with van der Waals surface area (Å²) < 4.78 is 10.3. The lowest BCUT2D eigenvalue weighted by Crippen LogP contribution is -2.47. The van der Waals surface area contributed by atoms with Gasteiger partial charge in [-0.3, -0.25) is 9.59 Å². The predicted molar refractivity (Wildman–Crippen MR) is 95.6 cm³/mol. The van der Waals surface area contributed by atoms with E-state index in [1.165, 1.54) is 0 Å². The van der Waals surface area contributed by atoms with Gasteiger partial charge in [0.2, 0.25) is 11.8 Å². The lowest BCUT2D eigenvalue weighted by Gasteiger charge is -2.32. The van der Waals surface area contributed by atoms with E-state index in [1.54, 1.807) is 14.2 Å². The molecule has 6 heteroatoms. The molecule has 1 aromatic carbocycles. The van der Waals surface area contributed by atoms with Gasteiger partial charge in [0, 0.05) is 44.8 Å². The third-order valence-electron chi connectivity index (χ3n) is 4.50. The van der Waals surface area contributed by atoms with Crippen LogP contribution >= 0.6 is 0 Å². The molecule has 1 aliphatic rings. The molecule has 1 fully saturated rings. The maximum atomic E-state index is 12.5. The Morgan fingerprint density at radius 3 is 2.60 bits per heavy atom. The van der Waals surface area contributed by atoms with Crippen molar-refractivity contribution in [2.24, 2.45) is 0 Å². The first-order valence-electron chi connectivity index (χ1n) is 8.82. The van der Waals surface area contributed by atoms with E-state index in [-0.39, 0.29) is 17.9 Å². The number of hydrogen-bond acceptors (Lipinski definition) is 4. The van der Waals surface area contributed by atoms with Gasteiger partial charge in [-0.15, -0.1) is 0 Å². The quantitative estimate of drug-likeness (QED) is 0.727. The molecule has 1 N–H and O–H groups in total. The van der Waals surface area contributed by atoms with Crippen LogP contribution < -0.4 is 10.1 Å². The number of amides is 2. The maximum Gasteiger partial charge on any atom is 0.227 e. The molecule has 0 aliphatic carbocycles. The van der Waals surface area contributed by atoms with Gasteiger partial charge in [-0.1, -0.05) is 18.2 Å². The van der Waals surface area contributed by atoms with E-state index in [0.29, 0.717) is 32.5 Å². The number of carbonyl (C=O) groups excluding carboxylic acids is 2. The lowest BCUT2D eigenvalue weighted by molar-refractivity contribution is -0.131. The first-order valence-corrected chi connectivity index (χ1v) is 8.82. The van der Waals surface area contributed by atoms with E-state index in [4.69, 9.17) is 9.47 Å². The molecule has 138 valence electrons. The van der Waals surface area contributed by atoms with E-state index >= 15 is 0 Å². The van der Waals surface area contributed by atoms with Crippen LogP contribution in [-0.4, -0.2) is 56.7 Å². The van der Waals surface area contributed by atoms with Crippen molar-refractivity contribution in [2.75, 3.05) is 33.9 Å². The summed E-state index contributed by atoms with van der Waals surface area (Å²) in [6, 6.07) is 7.76. The van der Waals surface area contributed by atoms with Crippen molar-refractivity contribution < 1.29 is 19.1 Å². The predicted octanol–water partition coefficient (Wildman–Crippen LogP) is 1.77. The molecule has 0 saturated carbocycles. The van der Waals surface area contributed by atoms with Crippen molar-refractivity contribution in [1.29, 1.82) is 0 Å². The molecule has 0 radical (unpaired) electrons. The molecule has 1 saturated heterocycles. The molecular weight excluding hydrogens is 320 g/mol. The Balaban J connectivity index is 1.75. The van der Waals surface area contributed by atoms with Gasteiger partial charge in [-0.25, -0.2) is 0 Å². The molecule has 0 aromatic heterocycles. The highest BCUT2D eigenvalue weighted by molar-refractivity contribution is 5.80. The number of hydrogen-bond donors (Lipinski definition) is 1. The Morgan fingerprint density at radius 2 is 1.92 bits per heavy atom. The maximum absolute atomic E-state index is 12.5. The van der Waals surface area contributed by atoms with Crippen LogP contribution in [0.1, 0.15) is 31.2 Å².